The summed E-state index contributed by atoms with van der Waals surface area (Å²) in [5.74, 6) is -1.44. The second-order valence-electron chi connectivity index (χ2n) is 15.6. The Morgan fingerprint density at radius 1 is 0.862 bits per heavy atom. The largest absolute Gasteiger partial charge is 0.446 e. The van der Waals surface area contributed by atoms with Crippen LogP contribution in [-0.4, -0.2) is 127 Å². The maximum Gasteiger partial charge on any atom is 0.410 e. The van der Waals surface area contributed by atoms with Gasteiger partial charge in [-0.2, -0.15) is 0 Å². The molecule has 1 saturated carbocycles. The Balaban J connectivity index is 0.754. The number of halogens is 2. The number of hydrogen-bond acceptors (Lipinski definition) is 12. The Kier molecular flexibility index (Phi) is 12.0. The molecule has 8 rings (SSSR count). The third kappa shape index (κ3) is 9.15. The van der Waals surface area contributed by atoms with Crippen molar-refractivity contribution in [1.82, 2.24) is 25.1 Å². The average Bonchev–Trinajstić information content (AvgIpc) is 3.24. The van der Waals surface area contributed by atoms with Crippen molar-refractivity contribution in [2.45, 2.75) is 75.6 Å². The Morgan fingerprint density at radius 2 is 1.66 bits per heavy atom. The number of carbonyl (C=O) groups is 4. The Hall–Kier alpha value is -5.42. The molecule has 4 amide bonds. The van der Waals surface area contributed by atoms with E-state index in [0.29, 0.717) is 93.2 Å². The molecule has 1 atom stereocenters. The van der Waals surface area contributed by atoms with Crippen LogP contribution in [0.1, 0.15) is 51.4 Å². The molecule has 1 unspecified atom stereocenters. The quantitative estimate of drug-likeness (QED) is 0.266. The second-order valence-corrected chi connectivity index (χ2v) is 15.6. The minimum absolute atomic E-state index is 0.0158. The van der Waals surface area contributed by atoms with Gasteiger partial charge in [-0.15, -0.1) is 0 Å². The Morgan fingerprint density at radius 3 is 2.40 bits per heavy atom. The number of piperidine rings is 2. The fourth-order valence-corrected chi connectivity index (χ4v) is 8.60. The predicted molar refractivity (Wildman–Crippen MR) is 211 cm³/mol. The first-order valence-electron chi connectivity index (χ1n) is 20.3. The summed E-state index contributed by atoms with van der Waals surface area (Å²) in [6.07, 6.45) is 5.85. The molecule has 0 radical (unpaired) electrons. The van der Waals surface area contributed by atoms with Gasteiger partial charge in [0, 0.05) is 81.3 Å². The van der Waals surface area contributed by atoms with Gasteiger partial charge in [0.2, 0.25) is 17.8 Å². The fraction of sp³-hybridized carbons (Fsp3) is 0.512. The normalized spacial score (nSPS) is 23.7. The van der Waals surface area contributed by atoms with E-state index in [-0.39, 0.29) is 54.6 Å². The minimum atomic E-state index is -0.572. The van der Waals surface area contributed by atoms with Gasteiger partial charge in [0.15, 0.2) is 5.82 Å². The van der Waals surface area contributed by atoms with Crippen molar-refractivity contribution in [1.29, 1.82) is 0 Å². The molecule has 1 aromatic heterocycles. The first-order valence-corrected chi connectivity index (χ1v) is 20.3. The molecule has 4 saturated heterocycles. The van der Waals surface area contributed by atoms with E-state index in [1.165, 1.54) is 6.07 Å². The van der Waals surface area contributed by atoms with E-state index in [4.69, 9.17) is 9.47 Å². The molecular weight excluding hydrogens is 753 g/mol. The van der Waals surface area contributed by atoms with E-state index >= 15 is 4.39 Å². The molecule has 2 aromatic carbocycles. The van der Waals surface area contributed by atoms with Crippen LogP contribution in [0.5, 0.6) is 0 Å². The Bertz CT molecular complexity index is 2000. The van der Waals surface area contributed by atoms with Crippen molar-refractivity contribution < 1.29 is 37.4 Å². The van der Waals surface area contributed by atoms with Gasteiger partial charge >= 0.3 is 6.09 Å². The molecule has 308 valence electrons. The molecule has 0 spiro atoms. The molecule has 17 heteroatoms. The van der Waals surface area contributed by atoms with Crippen molar-refractivity contribution in [2.24, 2.45) is 0 Å². The highest BCUT2D eigenvalue weighted by molar-refractivity contribution is 6.01. The van der Waals surface area contributed by atoms with Gasteiger partial charge < -0.3 is 34.8 Å². The van der Waals surface area contributed by atoms with E-state index in [1.807, 2.05) is 11.0 Å². The van der Waals surface area contributed by atoms with Crippen LogP contribution in [0.2, 0.25) is 0 Å². The lowest BCUT2D eigenvalue weighted by Gasteiger charge is -2.43. The zero-order valence-corrected chi connectivity index (χ0v) is 32.3. The van der Waals surface area contributed by atoms with Gasteiger partial charge in [-0.3, -0.25) is 24.6 Å². The number of nitrogens with one attached hydrogen (secondary N) is 3. The highest BCUT2D eigenvalue weighted by atomic mass is 19.1. The molecule has 5 fully saturated rings. The van der Waals surface area contributed by atoms with E-state index < -0.39 is 17.8 Å². The SMILES string of the molecule is O=C1CCC(Nc2ccc(N3CCN(C4CCN(C(=O)O[C@H]5CC[C@H](Nc6ncc(F)c(-c7cccc(N8CCOCC8=O)c7)n6)CC5)CC4)CC3)c(F)c2)C(=O)N1. The van der Waals surface area contributed by atoms with Gasteiger partial charge in [-0.1, -0.05) is 12.1 Å². The summed E-state index contributed by atoms with van der Waals surface area (Å²) in [5, 5.41) is 8.69. The van der Waals surface area contributed by atoms with Crippen LogP contribution in [0.15, 0.2) is 48.7 Å². The Labute approximate surface area is 335 Å². The zero-order chi connectivity index (χ0) is 40.2. The zero-order valence-electron chi connectivity index (χ0n) is 32.3. The van der Waals surface area contributed by atoms with Gasteiger partial charge in [-0.05, 0) is 75.3 Å². The van der Waals surface area contributed by atoms with E-state index in [0.717, 1.165) is 45.0 Å². The van der Waals surface area contributed by atoms with Gasteiger partial charge in [0.25, 0.3) is 5.91 Å². The summed E-state index contributed by atoms with van der Waals surface area (Å²) in [4.78, 5) is 65.6. The number of nitrogens with zero attached hydrogens (tertiary/aromatic N) is 6. The number of amides is 4. The smallest absolute Gasteiger partial charge is 0.410 e. The summed E-state index contributed by atoms with van der Waals surface area (Å²) in [5.41, 5.74) is 2.37. The summed E-state index contributed by atoms with van der Waals surface area (Å²) in [7, 11) is 0. The monoisotopic (exact) mass is 801 g/mol. The van der Waals surface area contributed by atoms with E-state index in [2.05, 4.69) is 30.8 Å². The minimum Gasteiger partial charge on any atom is -0.446 e. The number of imide groups is 1. The van der Waals surface area contributed by atoms with Gasteiger partial charge in [0.05, 0.1) is 18.5 Å². The van der Waals surface area contributed by atoms with E-state index in [1.54, 1.807) is 40.1 Å². The van der Waals surface area contributed by atoms with Crippen LogP contribution in [-0.2, 0) is 23.9 Å². The third-order valence-electron chi connectivity index (χ3n) is 11.9. The van der Waals surface area contributed by atoms with Crippen molar-refractivity contribution in [3.63, 3.8) is 0 Å². The molecule has 15 nitrogen and oxygen atoms in total. The van der Waals surface area contributed by atoms with Crippen LogP contribution >= 0.6 is 0 Å². The lowest BCUT2D eigenvalue weighted by atomic mass is 9.93. The second kappa shape index (κ2) is 17.6. The molecule has 5 heterocycles. The summed E-state index contributed by atoms with van der Waals surface area (Å²) in [6, 6.07) is 11.8. The number of piperazine rings is 1. The maximum absolute atomic E-state index is 15.2. The third-order valence-corrected chi connectivity index (χ3v) is 11.9. The molecule has 58 heavy (non-hydrogen) atoms. The van der Waals surface area contributed by atoms with Crippen molar-refractivity contribution >= 4 is 46.8 Å². The number of hydrogen-bond donors (Lipinski definition) is 3. The first-order chi connectivity index (χ1) is 28.2. The number of anilines is 4. The fourth-order valence-electron chi connectivity index (χ4n) is 8.60. The summed E-state index contributed by atoms with van der Waals surface area (Å²) in [6.45, 7) is 5.05. The highest BCUT2D eigenvalue weighted by Crippen LogP contribution is 2.30. The summed E-state index contributed by atoms with van der Waals surface area (Å²) < 4.78 is 41.4. The molecule has 3 aromatic rings. The molecule has 3 N–H and O–H groups in total. The average molecular weight is 802 g/mol. The molecule has 1 aliphatic carbocycles. The highest BCUT2D eigenvalue weighted by Gasteiger charge is 2.33. The maximum atomic E-state index is 15.2. The van der Waals surface area contributed by atoms with E-state index in [9.17, 15) is 23.6 Å². The number of morpholine rings is 1. The van der Waals surface area contributed by atoms with Crippen LogP contribution in [0, 0.1) is 11.6 Å². The number of carbonyl (C=O) groups excluding carboxylic acids is 4. The predicted octanol–water partition coefficient (Wildman–Crippen LogP) is 4.15. The lowest BCUT2D eigenvalue weighted by molar-refractivity contribution is -0.133. The number of aromatic nitrogens is 2. The van der Waals surface area contributed by atoms with Gasteiger partial charge in [0.1, 0.15) is 30.3 Å². The summed E-state index contributed by atoms with van der Waals surface area (Å²) >= 11 is 0. The number of likely N-dealkylation sites (tertiary alicyclic amines) is 1. The van der Waals surface area contributed by atoms with Crippen molar-refractivity contribution in [3.05, 3.63) is 60.3 Å². The topological polar surface area (TPSA) is 162 Å². The van der Waals surface area contributed by atoms with Crippen LogP contribution < -0.4 is 25.8 Å². The molecular formula is C41H49F2N9O6. The number of rotatable bonds is 9. The molecule has 5 aliphatic rings. The standard InChI is InChI=1S/C41H49F2N9O6/c42-32-23-28(45-34-9-11-36(53)47-39(34)55)6-10-35(32)50-18-16-49(17-19-50)29-12-14-51(15-13-29)41(56)58-31-7-4-27(5-8-31)46-40-44-24-33(43)38(48-40)26-2-1-3-30(22-26)52-20-21-57-25-37(52)54/h1-3,6,10,22-24,27,29,31,34,45H,4-5,7-9,11-21,25H2,(H,44,46,48)(H,47,53,55)/t27-,31-,34?. The lowest BCUT2D eigenvalue weighted by Crippen LogP contribution is -2.54. The molecule has 4 aliphatic heterocycles. The van der Waals surface area contributed by atoms with Crippen LogP contribution in [0.3, 0.4) is 0 Å². The van der Waals surface area contributed by atoms with Gasteiger partial charge in [-0.25, -0.2) is 23.5 Å². The van der Waals surface area contributed by atoms with Crippen LogP contribution in [0.4, 0.5) is 36.6 Å². The molecule has 0 bridgehead atoms. The number of benzene rings is 2. The van der Waals surface area contributed by atoms with Crippen molar-refractivity contribution in [3.8, 4) is 11.3 Å². The number of ether oxygens (including phenoxy) is 2. The van der Waals surface area contributed by atoms with Crippen LogP contribution in [0.25, 0.3) is 11.3 Å². The first kappa shape index (κ1) is 39.4. The van der Waals surface area contributed by atoms with Crippen molar-refractivity contribution in [2.75, 3.05) is 79.5 Å².